The molecule has 0 N–H and O–H groups in total. The third-order valence-electron chi connectivity index (χ3n) is 9.12. The molecule has 4 nitrogen and oxygen atoms in total. The van der Waals surface area contributed by atoms with Crippen LogP contribution in [0.4, 0.5) is 0 Å². The monoisotopic (exact) mass is 532 g/mol. The SMILES string of the molecule is CCC.Cc1ccc(CN2CCC3CC[C@@]45C(CCN4Cc4ccc(C)cn4)CC[C@@]325)nc1.[CH3-].[CH3-].[Fe+4]. The Balaban J connectivity index is 0.000000727. The van der Waals surface area contributed by atoms with E-state index in [1.165, 1.54) is 80.6 Å². The zero-order chi connectivity index (χ0) is 23.1. The van der Waals surface area contributed by atoms with Gasteiger partial charge in [-0.3, -0.25) is 19.8 Å². The summed E-state index contributed by atoms with van der Waals surface area (Å²) in [5, 5.41) is 0. The summed E-state index contributed by atoms with van der Waals surface area (Å²) in [5.74, 6) is 1.72. The molecule has 36 heavy (non-hydrogen) atoms. The van der Waals surface area contributed by atoms with Crippen LogP contribution < -0.4 is 0 Å². The number of aromatic nitrogens is 2. The quantitative estimate of drug-likeness (QED) is 0.320. The molecule has 2 aliphatic carbocycles. The number of aryl methyl sites for hydroxylation is 2. The summed E-state index contributed by atoms with van der Waals surface area (Å²) >= 11 is 0. The molecule has 4 fully saturated rings. The smallest absolute Gasteiger partial charge is 0.358 e. The minimum Gasteiger partial charge on any atom is -0.358 e. The fourth-order valence-electron chi connectivity index (χ4n) is 8.00. The van der Waals surface area contributed by atoms with Crippen LogP contribution in [-0.4, -0.2) is 43.9 Å². The van der Waals surface area contributed by atoms with E-state index in [0.717, 1.165) is 24.9 Å². The van der Waals surface area contributed by atoms with Crippen molar-refractivity contribution < 1.29 is 17.1 Å². The maximum Gasteiger partial charge on any atom is 4.00 e. The second-order valence-electron chi connectivity index (χ2n) is 11.1. The first kappa shape index (κ1) is 31.0. The molecule has 2 aromatic rings. The van der Waals surface area contributed by atoms with Crippen LogP contribution in [0, 0.1) is 40.5 Å². The van der Waals surface area contributed by atoms with E-state index in [2.05, 4.69) is 61.8 Å². The van der Waals surface area contributed by atoms with E-state index < -0.39 is 0 Å². The number of hydrogen-bond donors (Lipinski definition) is 0. The average Bonchev–Trinajstić information content (AvgIpc) is 3.51. The summed E-state index contributed by atoms with van der Waals surface area (Å²) < 4.78 is 0. The minimum absolute atomic E-state index is 0. The van der Waals surface area contributed by atoms with E-state index in [4.69, 9.17) is 9.97 Å². The van der Waals surface area contributed by atoms with Gasteiger partial charge in [-0.15, -0.1) is 0 Å². The van der Waals surface area contributed by atoms with Gasteiger partial charge in [0.05, 0.1) is 11.4 Å². The predicted octanol–water partition coefficient (Wildman–Crippen LogP) is 6.82. The van der Waals surface area contributed by atoms with Crippen LogP contribution in [0.15, 0.2) is 36.7 Å². The second kappa shape index (κ2) is 12.5. The van der Waals surface area contributed by atoms with Crippen LogP contribution in [0.3, 0.4) is 0 Å². The summed E-state index contributed by atoms with van der Waals surface area (Å²) in [6.45, 7) is 13.0. The summed E-state index contributed by atoms with van der Waals surface area (Å²) in [6.07, 6.45) is 13.6. The van der Waals surface area contributed by atoms with Crippen molar-refractivity contribution in [3.63, 3.8) is 0 Å². The Morgan fingerprint density at radius 3 is 1.44 bits per heavy atom. The van der Waals surface area contributed by atoms with E-state index in [1.54, 1.807) is 0 Å². The van der Waals surface area contributed by atoms with E-state index >= 15 is 0 Å². The molecule has 0 radical (unpaired) electrons. The Morgan fingerprint density at radius 1 is 0.722 bits per heavy atom. The molecule has 198 valence electrons. The van der Waals surface area contributed by atoms with Crippen molar-refractivity contribution in [2.45, 2.75) is 96.8 Å². The normalized spacial score (nSPS) is 30.1. The molecular formula is C31H48FeN4+2. The van der Waals surface area contributed by atoms with Gasteiger partial charge in [-0.2, -0.15) is 0 Å². The molecule has 2 aromatic heterocycles. The van der Waals surface area contributed by atoms with Crippen molar-refractivity contribution in [3.8, 4) is 0 Å². The van der Waals surface area contributed by atoms with E-state index in [0.29, 0.717) is 11.1 Å². The number of rotatable bonds is 4. The molecule has 0 aromatic carbocycles. The van der Waals surface area contributed by atoms with Crippen LogP contribution >= 0.6 is 0 Å². The first-order valence-electron chi connectivity index (χ1n) is 13.4. The van der Waals surface area contributed by atoms with Gasteiger partial charge in [0.25, 0.3) is 0 Å². The van der Waals surface area contributed by atoms with Gasteiger partial charge in [-0.1, -0.05) is 32.4 Å². The largest absolute Gasteiger partial charge is 4.00 e. The zero-order valence-electron chi connectivity index (χ0n) is 23.5. The molecule has 2 aliphatic heterocycles. The molecular weight excluding hydrogens is 484 g/mol. The Labute approximate surface area is 232 Å². The maximum atomic E-state index is 4.78. The summed E-state index contributed by atoms with van der Waals surface area (Å²) in [7, 11) is 0. The van der Waals surface area contributed by atoms with Gasteiger partial charge >= 0.3 is 17.1 Å². The van der Waals surface area contributed by atoms with Crippen molar-refractivity contribution in [2.24, 2.45) is 11.8 Å². The molecule has 2 unspecified atom stereocenters. The molecule has 0 bridgehead atoms. The Morgan fingerprint density at radius 2 is 1.11 bits per heavy atom. The first-order valence-corrected chi connectivity index (χ1v) is 13.4. The third kappa shape index (κ3) is 4.94. The van der Waals surface area contributed by atoms with Gasteiger partial charge in [0, 0.05) is 36.6 Å². The van der Waals surface area contributed by atoms with Crippen LogP contribution in [-0.2, 0) is 30.2 Å². The number of likely N-dealkylation sites (tertiary alicyclic amines) is 2. The predicted molar refractivity (Wildman–Crippen MR) is 148 cm³/mol. The Hall–Kier alpha value is -1.26. The zero-order valence-corrected chi connectivity index (χ0v) is 24.6. The second-order valence-corrected chi connectivity index (χ2v) is 11.1. The molecule has 4 heterocycles. The van der Waals surface area contributed by atoms with Crippen LogP contribution in [0.5, 0.6) is 0 Å². The molecule has 2 saturated heterocycles. The fourth-order valence-corrected chi connectivity index (χ4v) is 8.00. The van der Waals surface area contributed by atoms with Crippen LogP contribution in [0.1, 0.15) is 81.3 Å². The first-order chi connectivity index (χ1) is 16.0. The van der Waals surface area contributed by atoms with Gasteiger partial charge in [-0.05, 0) is 101 Å². The van der Waals surface area contributed by atoms with E-state index in [1.807, 2.05) is 12.4 Å². The van der Waals surface area contributed by atoms with Gasteiger partial charge < -0.3 is 14.9 Å². The van der Waals surface area contributed by atoms with Gasteiger partial charge in [-0.25, -0.2) is 0 Å². The van der Waals surface area contributed by atoms with Crippen LogP contribution in [0.2, 0.25) is 0 Å². The number of pyridine rings is 2. The fraction of sp³-hybridized carbons (Fsp3) is 0.613. The molecule has 4 aliphatic rings. The molecule has 6 rings (SSSR count). The minimum atomic E-state index is 0. The number of hydrogen-bond acceptors (Lipinski definition) is 4. The molecule has 5 heteroatoms. The molecule has 2 spiro atoms. The van der Waals surface area contributed by atoms with Crippen molar-refractivity contribution in [1.29, 1.82) is 0 Å². The molecule has 4 atom stereocenters. The van der Waals surface area contributed by atoms with Gasteiger partial charge in [0.15, 0.2) is 0 Å². The maximum absolute atomic E-state index is 4.78. The van der Waals surface area contributed by atoms with Crippen molar-refractivity contribution >= 4 is 0 Å². The van der Waals surface area contributed by atoms with Crippen LogP contribution in [0.25, 0.3) is 0 Å². The van der Waals surface area contributed by atoms with Crippen molar-refractivity contribution in [1.82, 2.24) is 19.8 Å². The molecule has 0 amide bonds. The van der Waals surface area contributed by atoms with Gasteiger partial charge in [0.1, 0.15) is 0 Å². The van der Waals surface area contributed by atoms with E-state index in [9.17, 15) is 0 Å². The van der Waals surface area contributed by atoms with Gasteiger partial charge in [0.2, 0.25) is 0 Å². The average molecular weight is 533 g/mol. The third-order valence-corrected chi connectivity index (χ3v) is 9.12. The van der Waals surface area contributed by atoms with Crippen molar-refractivity contribution in [2.75, 3.05) is 13.1 Å². The standard InChI is InChI=1S/C26H34N4.C3H8.2CH3.Fe/c1-19-3-5-23(27-15-19)17-29-13-9-21-8-12-26-22(7-11-25(21,26)29)10-14-30(26)18-24-6-4-20(2)16-28-24;1-3-2;;;/h3-6,15-16,21-22H,7-14,17-18H2,1-2H3;3H2,1-2H3;2*1H3;/q;;2*-1;+4/t21?,22?,25-,26-;;;;/m0..../s1. The Kier molecular flexibility index (Phi) is 10.8. The van der Waals surface area contributed by atoms with Crippen molar-refractivity contribution in [3.05, 3.63) is 74.0 Å². The topological polar surface area (TPSA) is 32.3 Å². The Bertz CT molecular complexity index is 869. The van der Waals surface area contributed by atoms with E-state index in [-0.39, 0.29) is 31.9 Å². The number of nitrogens with zero attached hydrogens (tertiary/aromatic N) is 4. The summed E-state index contributed by atoms with van der Waals surface area (Å²) in [5.41, 5.74) is 5.69. The molecule has 2 saturated carbocycles. The summed E-state index contributed by atoms with van der Waals surface area (Å²) in [4.78, 5) is 15.3. The summed E-state index contributed by atoms with van der Waals surface area (Å²) in [6, 6.07) is 8.94.